The van der Waals surface area contributed by atoms with Gasteiger partial charge < -0.3 is 14.2 Å². The molecule has 6 heteroatoms. The van der Waals surface area contributed by atoms with Crippen molar-refractivity contribution in [1.82, 2.24) is 0 Å². The molecule has 0 spiro atoms. The highest BCUT2D eigenvalue weighted by Crippen LogP contribution is 2.43. The summed E-state index contributed by atoms with van der Waals surface area (Å²) in [6.07, 6.45) is 3.02. The van der Waals surface area contributed by atoms with Crippen molar-refractivity contribution < 1.29 is 23.2 Å². The molecule has 0 radical (unpaired) electrons. The molecule has 156 valence electrons. The zero-order valence-electron chi connectivity index (χ0n) is 17.0. The number of carbonyl (C=O) groups excluding carboxylic acids is 1. The van der Waals surface area contributed by atoms with Crippen LogP contribution in [0.25, 0.3) is 16.7 Å². The second-order valence-corrected chi connectivity index (χ2v) is 8.07. The van der Waals surface area contributed by atoms with Gasteiger partial charge in [-0.05, 0) is 47.5 Å². The van der Waals surface area contributed by atoms with Crippen molar-refractivity contribution in [3.8, 4) is 11.5 Å². The van der Waals surface area contributed by atoms with Crippen LogP contribution in [0.15, 0.2) is 83.8 Å². The van der Waals surface area contributed by atoms with Crippen LogP contribution < -0.4 is 9.47 Å². The maximum Gasteiger partial charge on any atom is 0.330 e. The molecule has 1 unspecified atom stereocenters. The van der Waals surface area contributed by atoms with Crippen LogP contribution in [0.2, 0.25) is 0 Å². The van der Waals surface area contributed by atoms with Gasteiger partial charge in [0.2, 0.25) is 0 Å². The van der Waals surface area contributed by atoms with E-state index in [1.165, 1.54) is 13.2 Å². The van der Waals surface area contributed by atoms with Crippen LogP contribution in [0, 0.1) is 0 Å². The Morgan fingerprint density at radius 2 is 1.61 bits per heavy atom. The maximum absolute atomic E-state index is 13.4. The van der Waals surface area contributed by atoms with Gasteiger partial charge in [-0.1, -0.05) is 42.5 Å². The minimum Gasteiger partial charge on any atom is -0.497 e. The number of rotatable bonds is 6. The molecule has 0 saturated heterocycles. The molecular formula is C25H20O5S. The Morgan fingerprint density at radius 3 is 2.29 bits per heavy atom. The van der Waals surface area contributed by atoms with Crippen LogP contribution in [0.4, 0.5) is 0 Å². The fourth-order valence-corrected chi connectivity index (χ4v) is 4.69. The van der Waals surface area contributed by atoms with Gasteiger partial charge in [-0.3, -0.25) is 0 Å². The van der Waals surface area contributed by atoms with Crippen molar-refractivity contribution in [2.45, 2.75) is 4.90 Å². The highest BCUT2D eigenvalue weighted by atomic mass is 32.2. The molecule has 0 fully saturated rings. The van der Waals surface area contributed by atoms with Gasteiger partial charge in [0.1, 0.15) is 11.5 Å². The second kappa shape index (κ2) is 9.02. The number of hydrogen-bond donors (Lipinski definition) is 0. The maximum atomic E-state index is 13.4. The first-order chi connectivity index (χ1) is 15.1. The summed E-state index contributed by atoms with van der Waals surface area (Å²) in [5.74, 6) is 1.38. The molecule has 1 aliphatic rings. The van der Waals surface area contributed by atoms with Crippen LogP contribution >= 0.6 is 0 Å². The van der Waals surface area contributed by atoms with Crippen LogP contribution in [0.5, 0.6) is 11.5 Å². The molecule has 31 heavy (non-hydrogen) atoms. The molecule has 0 amide bonds. The molecule has 5 nitrogen and oxygen atoms in total. The quantitative estimate of drug-likeness (QED) is 0.409. The third-order valence-electron chi connectivity index (χ3n) is 4.77. The molecule has 3 aromatic rings. The SMILES string of the molecule is COC(=O)C=Cc1ccc(OC2=C(c3ccccc3)S(=O)c3cc(OC)ccc32)cc1. The van der Waals surface area contributed by atoms with E-state index < -0.39 is 16.8 Å². The Kier molecular flexibility index (Phi) is 6.00. The van der Waals surface area contributed by atoms with E-state index in [0.29, 0.717) is 27.1 Å². The predicted octanol–water partition coefficient (Wildman–Crippen LogP) is 4.91. The molecule has 1 aliphatic heterocycles. The van der Waals surface area contributed by atoms with Crippen molar-refractivity contribution in [1.29, 1.82) is 0 Å². The summed E-state index contributed by atoms with van der Waals surface area (Å²) in [7, 11) is 1.51. The number of hydrogen-bond acceptors (Lipinski definition) is 5. The van der Waals surface area contributed by atoms with Crippen molar-refractivity contribution in [2.24, 2.45) is 0 Å². The Morgan fingerprint density at radius 1 is 0.903 bits per heavy atom. The molecule has 0 bridgehead atoms. The van der Waals surface area contributed by atoms with Gasteiger partial charge in [0.05, 0.1) is 34.8 Å². The first-order valence-corrected chi connectivity index (χ1v) is 10.7. The fraction of sp³-hybridized carbons (Fsp3) is 0.0800. The highest BCUT2D eigenvalue weighted by molar-refractivity contribution is 7.95. The summed E-state index contributed by atoms with van der Waals surface area (Å²) in [6.45, 7) is 0. The van der Waals surface area contributed by atoms with Crippen LogP contribution in [-0.4, -0.2) is 24.4 Å². The van der Waals surface area contributed by atoms with Gasteiger partial charge in [0.15, 0.2) is 5.76 Å². The molecular weight excluding hydrogens is 412 g/mol. The summed E-state index contributed by atoms with van der Waals surface area (Å²) in [6, 6.07) is 22.3. The topological polar surface area (TPSA) is 61.8 Å². The fourth-order valence-electron chi connectivity index (χ4n) is 3.21. The van der Waals surface area contributed by atoms with Crippen molar-refractivity contribution in [3.63, 3.8) is 0 Å². The third-order valence-corrected chi connectivity index (χ3v) is 6.30. The summed E-state index contributed by atoms with van der Waals surface area (Å²) < 4.78 is 29.5. The second-order valence-electron chi connectivity index (χ2n) is 6.68. The van der Waals surface area contributed by atoms with Gasteiger partial charge in [-0.2, -0.15) is 0 Å². The van der Waals surface area contributed by atoms with Crippen molar-refractivity contribution in [2.75, 3.05) is 14.2 Å². The highest BCUT2D eigenvalue weighted by Gasteiger charge is 2.32. The van der Waals surface area contributed by atoms with E-state index in [4.69, 9.17) is 9.47 Å². The van der Waals surface area contributed by atoms with E-state index in [0.717, 1.165) is 16.7 Å². The smallest absolute Gasteiger partial charge is 0.330 e. The summed E-state index contributed by atoms with van der Waals surface area (Å²) in [5, 5.41) is 0. The number of carbonyl (C=O) groups is 1. The normalized spacial score (nSPS) is 15.1. The average Bonchev–Trinajstić information content (AvgIpc) is 3.09. The summed E-state index contributed by atoms with van der Waals surface area (Å²) in [4.78, 5) is 12.6. The zero-order valence-corrected chi connectivity index (χ0v) is 17.8. The standard InChI is InChI=1S/C25H20O5S/c1-28-20-13-14-21-22(16-20)31(27)25(18-6-4-3-5-7-18)24(21)30-19-11-8-17(9-12-19)10-15-23(26)29-2/h3-16H,1-2H3. The number of esters is 1. The first-order valence-electron chi connectivity index (χ1n) is 9.54. The Bertz CT molecular complexity index is 1190. The third kappa shape index (κ3) is 4.29. The lowest BCUT2D eigenvalue weighted by molar-refractivity contribution is -0.134. The lowest BCUT2D eigenvalue weighted by Crippen LogP contribution is -1.96. The van der Waals surface area contributed by atoms with Crippen LogP contribution in [0.3, 0.4) is 0 Å². The van der Waals surface area contributed by atoms with Gasteiger partial charge in [-0.15, -0.1) is 0 Å². The number of methoxy groups -OCH3 is 2. The Hall–Kier alpha value is -3.64. The lowest BCUT2D eigenvalue weighted by atomic mass is 10.1. The molecule has 1 atom stereocenters. The molecule has 0 saturated carbocycles. The van der Waals surface area contributed by atoms with E-state index in [2.05, 4.69) is 4.74 Å². The first kappa shape index (κ1) is 20.6. The Labute approximate surface area is 183 Å². The lowest BCUT2D eigenvalue weighted by Gasteiger charge is -2.11. The van der Waals surface area contributed by atoms with Crippen LogP contribution in [0.1, 0.15) is 16.7 Å². The van der Waals surface area contributed by atoms with Gasteiger partial charge >= 0.3 is 5.97 Å². The Balaban J connectivity index is 1.71. The number of fused-ring (bicyclic) bond motifs is 1. The van der Waals surface area contributed by atoms with Gasteiger partial charge in [0, 0.05) is 11.6 Å². The number of ether oxygens (including phenoxy) is 3. The van der Waals surface area contributed by atoms with Gasteiger partial charge in [-0.25, -0.2) is 9.00 Å². The minimum absolute atomic E-state index is 0.418. The predicted molar refractivity (Wildman–Crippen MR) is 121 cm³/mol. The molecule has 0 aromatic heterocycles. The average molecular weight is 432 g/mol. The van der Waals surface area contributed by atoms with E-state index in [1.807, 2.05) is 54.6 Å². The molecule has 3 aromatic carbocycles. The minimum atomic E-state index is -1.40. The molecule has 4 rings (SSSR count). The molecule has 0 N–H and O–H groups in total. The zero-order chi connectivity index (χ0) is 21.8. The van der Waals surface area contributed by atoms with E-state index in [9.17, 15) is 9.00 Å². The number of benzene rings is 3. The molecule has 1 heterocycles. The van der Waals surface area contributed by atoms with E-state index >= 15 is 0 Å². The molecule has 0 aliphatic carbocycles. The van der Waals surface area contributed by atoms with Crippen molar-refractivity contribution >= 4 is 33.5 Å². The van der Waals surface area contributed by atoms with E-state index in [1.54, 1.807) is 31.4 Å². The summed E-state index contributed by atoms with van der Waals surface area (Å²) >= 11 is 0. The summed E-state index contributed by atoms with van der Waals surface area (Å²) in [5.41, 5.74) is 2.44. The van der Waals surface area contributed by atoms with E-state index in [-0.39, 0.29) is 0 Å². The van der Waals surface area contributed by atoms with Gasteiger partial charge in [0.25, 0.3) is 0 Å². The van der Waals surface area contributed by atoms with Crippen molar-refractivity contribution in [3.05, 3.63) is 95.6 Å². The van der Waals surface area contributed by atoms with Crippen LogP contribution in [-0.2, 0) is 20.3 Å². The monoisotopic (exact) mass is 432 g/mol. The largest absolute Gasteiger partial charge is 0.497 e.